The molecular formula is C8H6Cl4O2S. The fourth-order valence-electron chi connectivity index (χ4n) is 0.927. The summed E-state index contributed by atoms with van der Waals surface area (Å²) < 4.78 is 10.1. The molecule has 0 saturated heterocycles. The molecule has 0 unspecified atom stereocenters. The standard InChI is InChI=1S/C8H6Cl4O2S/c1-13-7-3(9)5(11)8(14-15-2)6(12)4(7)10/h1-2H3. The molecule has 7 heteroatoms. The summed E-state index contributed by atoms with van der Waals surface area (Å²) >= 11 is 24.8. The molecule has 1 aromatic rings. The number of methoxy groups -OCH3 is 1. The van der Waals surface area contributed by atoms with Crippen LogP contribution in [0.1, 0.15) is 0 Å². The first-order valence-electron chi connectivity index (χ1n) is 3.65. The monoisotopic (exact) mass is 306 g/mol. The molecule has 0 aliphatic carbocycles. The highest BCUT2D eigenvalue weighted by Gasteiger charge is 2.22. The zero-order chi connectivity index (χ0) is 11.6. The molecule has 0 N–H and O–H groups in total. The van der Waals surface area contributed by atoms with Crippen LogP contribution >= 0.6 is 58.4 Å². The van der Waals surface area contributed by atoms with E-state index < -0.39 is 0 Å². The van der Waals surface area contributed by atoms with E-state index in [2.05, 4.69) is 0 Å². The Morgan fingerprint density at radius 1 is 0.867 bits per heavy atom. The van der Waals surface area contributed by atoms with E-state index in [9.17, 15) is 0 Å². The Morgan fingerprint density at radius 3 is 1.60 bits per heavy atom. The van der Waals surface area contributed by atoms with E-state index in [1.54, 1.807) is 6.26 Å². The van der Waals surface area contributed by atoms with Crippen molar-refractivity contribution in [1.29, 1.82) is 0 Å². The van der Waals surface area contributed by atoms with Crippen molar-refractivity contribution in [3.8, 4) is 11.5 Å². The second-order valence-corrected chi connectivity index (χ2v) is 4.38. The third-order valence-corrected chi connectivity index (χ3v) is 3.52. The van der Waals surface area contributed by atoms with Gasteiger partial charge in [-0.15, -0.1) is 0 Å². The van der Waals surface area contributed by atoms with Crippen molar-refractivity contribution >= 4 is 58.4 Å². The molecule has 2 nitrogen and oxygen atoms in total. The third kappa shape index (κ3) is 2.53. The lowest BCUT2D eigenvalue weighted by Crippen LogP contribution is -1.91. The molecule has 0 aromatic heterocycles. The predicted octanol–water partition coefficient (Wildman–Crippen LogP) is 4.97. The molecule has 1 rings (SSSR count). The van der Waals surface area contributed by atoms with Crippen LogP contribution < -0.4 is 8.92 Å². The maximum Gasteiger partial charge on any atom is 0.177 e. The SMILES string of the molecule is COc1c(Cl)c(Cl)c(OSC)c(Cl)c1Cl. The lowest BCUT2D eigenvalue weighted by Gasteiger charge is -2.13. The molecular weight excluding hydrogens is 302 g/mol. The molecule has 15 heavy (non-hydrogen) atoms. The molecule has 0 amide bonds. The van der Waals surface area contributed by atoms with Gasteiger partial charge in [0.1, 0.15) is 20.1 Å². The minimum absolute atomic E-state index is 0.178. The summed E-state index contributed by atoms with van der Waals surface area (Å²) in [6.45, 7) is 0. The predicted molar refractivity (Wildman–Crippen MR) is 67.2 cm³/mol. The Morgan fingerprint density at radius 2 is 1.27 bits per heavy atom. The minimum Gasteiger partial charge on any atom is -0.494 e. The van der Waals surface area contributed by atoms with Crippen molar-refractivity contribution in [3.05, 3.63) is 20.1 Å². The summed E-state index contributed by atoms with van der Waals surface area (Å²) in [4.78, 5) is 0. The summed E-state index contributed by atoms with van der Waals surface area (Å²) in [6, 6.07) is 0. The highest BCUT2D eigenvalue weighted by Crippen LogP contribution is 2.50. The number of rotatable bonds is 3. The zero-order valence-electron chi connectivity index (χ0n) is 7.74. The summed E-state index contributed by atoms with van der Waals surface area (Å²) in [7, 11) is 1.43. The van der Waals surface area contributed by atoms with Gasteiger partial charge in [0.25, 0.3) is 0 Å². The fraction of sp³-hybridized carbons (Fsp3) is 0.250. The van der Waals surface area contributed by atoms with E-state index in [1.165, 1.54) is 7.11 Å². The molecule has 0 radical (unpaired) electrons. The molecule has 84 valence electrons. The Bertz CT molecular complexity index is 354. The molecule has 0 fully saturated rings. The molecule has 0 aliphatic rings. The van der Waals surface area contributed by atoms with Crippen LogP contribution in [-0.4, -0.2) is 13.4 Å². The average Bonchev–Trinajstić information content (AvgIpc) is 2.23. The van der Waals surface area contributed by atoms with Crippen LogP contribution in [0.2, 0.25) is 20.1 Å². The van der Waals surface area contributed by atoms with Gasteiger partial charge in [-0.3, -0.25) is 0 Å². The summed E-state index contributed by atoms with van der Waals surface area (Å²) in [5.74, 6) is 0.475. The highest BCUT2D eigenvalue weighted by atomic mass is 35.5. The van der Waals surface area contributed by atoms with Gasteiger partial charge < -0.3 is 8.92 Å². The van der Waals surface area contributed by atoms with Gasteiger partial charge in [-0.25, -0.2) is 0 Å². The van der Waals surface area contributed by atoms with E-state index in [0.29, 0.717) is 0 Å². The maximum absolute atomic E-state index is 5.94. The molecule has 0 heterocycles. The van der Waals surface area contributed by atoms with Gasteiger partial charge in [0.2, 0.25) is 0 Å². The lowest BCUT2D eigenvalue weighted by atomic mass is 10.3. The quantitative estimate of drug-likeness (QED) is 0.580. The number of ether oxygens (including phenoxy) is 1. The molecule has 0 atom stereocenters. The van der Waals surface area contributed by atoms with Crippen molar-refractivity contribution in [1.82, 2.24) is 0 Å². The summed E-state index contributed by atoms with van der Waals surface area (Å²) in [5, 5.41) is 0.713. The van der Waals surface area contributed by atoms with Crippen LogP contribution in [-0.2, 0) is 0 Å². The fourth-order valence-corrected chi connectivity index (χ4v) is 2.40. The van der Waals surface area contributed by atoms with Gasteiger partial charge in [0.15, 0.2) is 11.5 Å². The van der Waals surface area contributed by atoms with Gasteiger partial charge in [-0.1, -0.05) is 46.4 Å². The van der Waals surface area contributed by atoms with Crippen molar-refractivity contribution in [2.24, 2.45) is 0 Å². The van der Waals surface area contributed by atoms with Crippen LogP contribution in [0.15, 0.2) is 0 Å². The van der Waals surface area contributed by atoms with E-state index in [-0.39, 0.29) is 31.6 Å². The van der Waals surface area contributed by atoms with Crippen LogP contribution in [0, 0.1) is 0 Å². The first-order valence-corrected chi connectivity index (χ1v) is 6.31. The smallest absolute Gasteiger partial charge is 0.177 e. The topological polar surface area (TPSA) is 18.5 Å². The zero-order valence-corrected chi connectivity index (χ0v) is 11.6. The molecule has 0 aliphatic heterocycles. The van der Waals surface area contributed by atoms with E-state index in [0.717, 1.165) is 12.0 Å². The Balaban J connectivity index is 3.44. The van der Waals surface area contributed by atoms with Gasteiger partial charge in [-0.05, 0) is 0 Å². The molecule has 0 bridgehead atoms. The van der Waals surface area contributed by atoms with Crippen LogP contribution in [0.5, 0.6) is 11.5 Å². The second kappa shape index (κ2) is 5.60. The van der Waals surface area contributed by atoms with Crippen LogP contribution in [0.4, 0.5) is 0 Å². The largest absolute Gasteiger partial charge is 0.494 e. The van der Waals surface area contributed by atoms with Crippen molar-refractivity contribution < 1.29 is 8.92 Å². The number of benzene rings is 1. The number of halogens is 4. The second-order valence-electron chi connectivity index (χ2n) is 2.37. The summed E-state index contributed by atoms with van der Waals surface area (Å²) in [5.41, 5.74) is 0. The first-order chi connectivity index (χ1) is 7.04. The highest BCUT2D eigenvalue weighted by molar-refractivity contribution is 7.94. The van der Waals surface area contributed by atoms with Crippen molar-refractivity contribution in [3.63, 3.8) is 0 Å². The summed E-state index contributed by atoms with van der Waals surface area (Å²) in [6.07, 6.45) is 1.72. The van der Waals surface area contributed by atoms with Gasteiger partial charge in [0.05, 0.1) is 19.2 Å². The van der Waals surface area contributed by atoms with Crippen LogP contribution in [0.3, 0.4) is 0 Å². The minimum atomic E-state index is 0.178. The van der Waals surface area contributed by atoms with E-state index >= 15 is 0 Å². The molecule has 1 aromatic carbocycles. The van der Waals surface area contributed by atoms with Gasteiger partial charge in [0, 0.05) is 6.26 Å². The Hall–Kier alpha value is 0.330. The maximum atomic E-state index is 5.94. The van der Waals surface area contributed by atoms with E-state index in [1.807, 2.05) is 0 Å². The first kappa shape index (κ1) is 13.4. The normalized spacial score (nSPS) is 10.3. The van der Waals surface area contributed by atoms with Gasteiger partial charge >= 0.3 is 0 Å². The molecule has 0 spiro atoms. The van der Waals surface area contributed by atoms with Crippen LogP contribution in [0.25, 0.3) is 0 Å². The third-order valence-electron chi connectivity index (χ3n) is 1.55. The molecule has 0 saturated carbocycles. The number of hydrogen-bond acceptors (Lipinski definition) is 3. The lowest BCUT2D eigenvalue weighted by molar-refractivity contribution is 0.415. The van der Waals surface area contributed by atoms with Crippen molar-refractivity contribution in [2.75, 3.05) is 13.4 Å². The number of hydrogen-bond donors (Lipinski definition) is 0. The average molecular weight is 308 g/mol. The Labute approximate surface area is 112 Å². The van der Waals surface area contributed by atoms with E-state index in [4.69, 9.17) is 55.3 Å². The van der Waals surface area contributed by atoms with Gasteiger partial charge in [-0.2, -0.15) is 0 Å². The Kier molecular flexibility index (Phi) is 5.00. The van der Waals surface area contributed by atoms with Crippen molar-refractivity contribution in [2.45, 2.75) is 0 Å².